The molecule has 0 spiro atoms. The van der Waals surface area contributed by atoms with E-state index in [4.69, 9.17) is 0 Å². The SMILES string of the molecule is CSN(NC(=O)c1cncnc1)C1(c2ccccc2)CC1. The minimum Gasteiger partial charge on any atom is -0.274 e. The number of hydrazine groups is 1. The molecule has 1 aliphatic rings. The highest BCUT2D eigenvalue weighted by molar-refractivity contribution is 7.96. The highest BCUT2D eigenvalue weighted by atomic mass is 32.2. The minimum atomic E-state index is -0.188. The van der Waals surface area contributed by atoms with Crippen LogP contribution < -0.4 is 5.43 Å². The van der Waals surface area contributed by atoms with E-state index in [1.165, 1.54) is 36.2 Å². The van der Waals surface area contributed by atoms with E-state index in [0.29, 0.717) is 5.56 Å². The van der Waals surface area contributed by atoms with Crippen molar-refractivity contribution in [2.24, 2.45) is 0 Å². The first-order valence-electron chi connectivity index (χ1n) is 6.72. The van der Waals surface area contributed by atoms with Crippen molar-refractivity contribution >= 4 is 17.9 Å². The predicted octanol–water partition coefficient (Wildman–Crippen LogP) is 2.39. The van der Waals surface area contributed by atoms with Gasteiger partial charge in [0.25, 0.3) is 5.91 Å². The maximum Gasteiger partial charge on any atom is 0.269 e. The van der Waals surface area contributed by atoms with Crippen molar-refractivity contribution in [2.45, 2.75) is 18.4 Å². The van der Waals surface area contributed by atoms with Gasteiger partial charge >= 0.3 is 0 Å². The Balaban J connectivity index is 1.79. The molecule has 21 heavy (non-hydrogen) atoms. The zero-order chi connectivity index (χ0) is 14.7. The predicted molar refractivity (Wildman–Crippen MR) is 82.2 cm³/mol. The number of carbonyl (C=O) groups is 1. The maximum absolute atomic E-state index is 12.3. The number of hydrogen-bond acceptors (Lipinski definition) is 5. The third kappa shape index (κ3) is 2.77. The molecule has 5 nitrogen and oxygen atoms in total. The smallest absolute Gasteiger partial charge is 0.269 e. The lowest BCUT2D eigenvalue weighted by atomic mass is 10.1. The molecule has 1 N–H and O–H groups in total. The number of amides is 1. The van der Waals surface area contributed by atoms with Crippen molar-refractivity contribution < 1.29 is 4.79 Å². The van der Waals surface area contributed by atoms with Crippen LogP contribution in [0.1, 0.15) is 28.8 Å². The van der Waals surface area contributed by atoms with Crippen molar-refractivity contribution in [1.82, 2.24) is 19.8 Å². The molecule has 0 saturated heterocycles. The van der Waals surface area contributed by atoms with Crippen LogP contribution in [0.25, 0.3) is 0 Å². The van der Waals surface area contributed by atoms with Crippen LogP contribution in [-0.4, -0.2) is 26.5 Å². The standard InChI is InChI=1S/C15H16N4OS/c1-21-19(18-14(20)12-9-16-11-17-10-12)15(7-8-15)13-5-3-2-4-6-13/h2-6,9-11H,7-8H2,1H3,(H,18,20). The van der Waals surface area contributed by atoms with E-state index in [-0.39, 0.29) is 11.4 Å². The summed E-state index contributed by atoms with van der Waals surface area (Å²) >= 11 is 1.52. The summed E-state index contributed by atoms with van der Waals surface area (Å²) < 4.78 is 1.94. The van der Waals surface area contributed by atoms with Crippen LogP contribution in [0.5, 0.6) is 0 Å². The summed E-state index contributed by atoms with van der Waals surface area (Å²) in [6.45, 7) is 0. The number of nitrogens with zero attached hydrogens (tertiary/aromatic N) is 3. The van der Waals surface area contributed by atoms with Crippen LogP contribution in [0.3, 0.4) is 0 Å². The van der Waals surface area contributed by atoms with Gasteiger partial charge in [-0.3, -0.25) is 10.2 Å². The second-order valence-corrected chi connectivity index (χ2v) is 5.67. The van der Waals surface area contributed by atoms with Gasteiger partial charge in [-0.15, -0.1) is 0 Å². The van der Waals surface area contributed by atoms with Crippen molar-refractivity contribution in [1.29, 1.82) is 0 Å². The van der Waals surface area contributed by atoms with E-state index in [1.807, 2.05) is 28.9 Å². The van der Waals surface area contributed by atoms with Crippen molar-refractivity contribution in [3.63, 3.8) is 0 Å². The number of nitrogens with one attached hydrogen (secondary N) is 1. The molecule has 2 aromatic rings. The summed E-state index contributed by atoms with van der Waals surface area (Å²) in [4.78, 5) is 20.0. The molecule has 0 aliphatic heterocycles. The van der Waals surface area contributed by atoms with Crippen molar-refractivity contribution in [2.75, 3.05) is 6.26 Å². The molecule has 0 bridgehead atoms. The lowest BCUT2D eigenvalue weighted by Crippen LogP contribution is -2.44. The lowest BCUT2D eigenvalue weighted by Gasteiger charge is -2.30. The second kappa shape index (κ2) is 5.83. The number of benzene rings is 1. The number of aromatic nitrogens is 2. The van der Waals surface area contributed by atoms with Gasteiger partial charge in [0, 0.05) is 12.4 Å². The molecule has 1 fully saturated rings. The molecule has 1 aromatic carbocycles. The average molecular weight is 300 g/mol. The van der Waals surface area contributed by atoms with Crippen LogP contribution in [-0.2, 0) is 5.54 Å². The zero-order valence-electron chi connectivity index (χ0n) is 11.7. The van der Waals surface area contributed by atoms with Crippen LogP contribution in [0, 0.1) is 0 Å². The Kier molecular flexibility index (Phi) is 3.90. The zero-order valence-corrected chi connectivity index (χ0v) is 12.5. The largest absolute Gasteiger partial charge is 0.274 e. The summed E-state index contributed by atoms with van der Waals surface area (Å²) in [5.74, 6) is -0.188. The molecular formula is C15H16N4OS. The minimum absolute atomic E-state index is 0.105. The van der Waals surface area contributed by atoms with E-state index in [9.17, 15) is 4.79 Å². The topological polar surface area (TPSA) is 58.1 Å². The number of rotatable bonds is 5. The van der Waals surface area contributed by atoms with Crippen LogP contribution in [0.4, 0.5) is 0 Å². The van der Waals surface area contributed by atoms with E-state index >= 15 is 0 Å². The Bertz CT molecular complexity index is 616. The molecular weight excluding hydrogens is 284 g/mol. The van der Waals surface area contributed by atoms with Crippen molar-refractivity contribution in [3.8, 4) is 0 Å². The van der Waals surface area contributed by atoms with Gasteiger partial charge in [-0.25, -0.2) is 9.97 Å². The number of carbonyl (C=O) groups excluding carboxylic acids is 1. The molecule has 1 amide bonds. The summed E-state index contributed by atoms with van der Waals surface area (Å²) in [5, 5.41) is 0. The Morgan fingerprint density at radius 1 is 1.24 bits per heavy atom. The molecule has 108 valence electrons. The molecule has 0 radical (unpaired) electrons. The number of hydrogen-bond donors (Lipinski definition) is 1. The molecule has 0 atom stereocenters. The van der Waals surface area contributed by atoms with E-state index < -0.39 is 0 Å². The van der Waals surface area contributed by atoms with E-state index in [0.717, 1.165) is 12.8 Å². The van der Waals surface area contributed by atoms with Gasteiger partial charge in [-0.2, -0.15) is 4.41 Å². The highest BCUT2D eigenvalue weighted by Crippen LogP contribution is 2.52. The van der Waals surface area contributed by atoms with Gasteiger partial charge in [-0.05, 0) is 24.7 Å². The monoisotopic (exact) mass is 300 g/mol. The fraction of sp³-hybridized carbons (Fsp3) is 0.267. The third-order valence-electron chi connectivity index (χ3n) is 3.63. The molecule has 6 heteroatoms. The van der Waals surface area contributed by atoms with Gasteiger partial charge in [0.05, 0.1) is 11.1 Å². The Morgan fingerprint density at radius 3 is 2.48 bits per heavy atom. The Morgan fingerprint density at radius 2 is 1.90 bits per heavy atom. The Labute approximate surface area is 127 Å². The average Bonchev–Trinajstić information content (AvgIpc) is 3.36. The summed E-state index contributed by atoms with van der Waals surface area (Å²) in [6, 6.07) is 10.3. The molecule has 1 aliphatic carbocycles. The maximum atomic E-state index is 12.3. The Hall–Kier alpha value is -1.92. The van der Waals surface area contributed by atoms with Gasteiger partial charge in [0.2, 0.25) is 0 Å². The molecule has 1 saturated carbocycles. The van der Waals surface area contributed by atoms with Gasteiger partial charge in [-0.1, -0.05) is 42.3 Å². The summed E-state index contributed by atoms with van der Waals surface area (Å²) in [7, 11) is 0. The van der Waals surface area contributed by atoms with Crippen LogP contribution in [0.2, 0.25) is 0 Å². The van der Waals surface area contributed by atoms with Gasteiger partial charge < -0.3 is 0 Å². The fourth-order valence-electron chi connectivity index (χ4n) is 2.38. The summed E-state index contributed by atoms with van der Waals surface area (Å²) in [5.41, 5.74) is 4.54. The molecule has 1 heterocycles. The second-order valence-electron chi connectivity index (χ2n) is 4.94. The van der Waals surface area contributed by atoms with E-state index in [1.54, 1.807) is 0 Å². The molecule has 3 rings (SSSR count). The fourth-order valence-corrected chi connectivity index (χ4v) is 3.19. The van der Waals surface area contributed by atoms with Gasteiger partial charge in [0.15, 0.2) is 0 Å². The van der Waals surface area contributed by atoms with Crippen molar-refractivity contribution in [3.05, 3.63) is 60.2 Å². The first-order valence-corrected chi connectivity index (χ1v) is 7.90. The third-order valence-corrected chi connectivity index (χ3v) is 4.44. The lowest BCUT2D eigenvalue weighted by molar-refractivity contribution is 0.0847. The summed E-state index contributed by atoms with van der Waals surface area (Å²) in [6.07, 6.45) is 8.47. The van der Waals surface area contributed by atoms with Crippen LogP contribution in [0.15, 0.2) is 49.1 Å². The van der Waals surface area contributed by atoms with Gasteiger partial charge in [0.1, 0.15) is 6.33 Å². The first kappa shape index (κ1) is 14.0. The normalized spacial score (nSPS) is 15.7. The quantitative estimate of drug-likeness (QED) is 0.679. The first-order chi connectivity index (χ1) is 10.3. The van der Waals surface area contributed by atoms with E-state index in [2.05, 4.69) is 27.5 Å². The van der Waals surface area contributed by atoms with Crippen LogP contribution >= 0.6 is 11.9 Å². The molecule has 1 aromatic heterocycles. The highest BCUT2D eigenvalue weighted by Gasteiger charge is 2.50. The molecule has 0 unspecified atom stereocenters.